The van der Waals surface area contributed by atoms with E-state index in [1.54, 1.807) is 19.2 Å². The Morgan fingerprint density at radius 3 is 2.64 bits per heavy atom. The summed E-state index contributed by atoms with van der Waals surface area (Å²) in [5.74, 6) is -0.123. The Hall–Kier alpha value is -1.46. The van der Waals surface area contributed by atoms with Crippen molar-refractivity contribution in [3.8, 4) is 0 Å². The van der Waals surface area contributed by atoms with Crippen LogP contribution in [0.15, 0.2) is 24.4 Å². The van der Waals surface area contributed by atoms with E-state index in [0.717, 1.165) is 12.8 Å². The Kier molecular flexibility index (Phi) is 4.19. The van der Waals surface area contributed by atoms with E-state index in [0.29, 0.717) is 17.8 Å². The molecule has 2 N–H and O–H groups in total. The third-order valence-corrected chi connectivity index (χ3v) is 5.48. The van der Waals surface area contributed by atoms with Crippen LogP contribution in [0.2, 0.25) is 0 Å². The number of aliphatic hydroxyl groups excluding tert-OH is 1. The quantitative estimate of drug-likeness (QED) is 0.873. The number of hydrogen-bond acceptors (Lipinski definition) is 4. The van der Waals surface area contributed by atoms with Gasteiger partial charge in [-0.3, -0.25) is 9.78 Å². The molecule has 3 unspecified atom stereocenters. The van der Waals surface area contributed by atoms with Crippen molar-refractivity contribution >= 4 is 5.91 Å². The molecule has 3 atom stereocenters. The van der Waals surface area contributed by atoms with Crippen LogP contribution < -0.4 is 5.32 Å². The Balaban J connectivity index is 1.71. The van der Waals surface area contributed by atoms with Gasteiger partial charge in [0.15, 0.2) is 0 Å². The second-order valence-electron chi connectivity index (χ2n) is 6.90. The van der Waals surface area contributed by atoms with Crippen molar-refractivity contribution in [2.24, 2.45) is 0 Å². The van der Waals surface area contributed by atoms with Gasteiger partial charge in [0.05, 0.1) is 12.3 Å². The second kappa shape index (κ2) is 5.97. The number of carbonyl (C=O) groups excluding carboxylic acids is 1. The third-order valence-electron chi connectivity index (χ3n) is 5.48. The molecule has 2 aliphatic heterocycles. The summed E-state index contributed by atoms with van der Waals surface area (Å²) < 4.78 is 0. The summed E-state index contributed by atoms with van der Waals surface area (Å²) in [6.45, 7) is 1.52. The molecule has 5 heteroatoms. The van der Waals surface area contributed by atoms with Crippen LogP contribution in [0.3, 0.4) is 0 Å². The first kappa shape index (κ1) is 15.4. The largest absolute Gasteiger partial charge is 0.395 e. The number of nitrogens with zero attached hydrogens (tertiary/aromatic N) is 2. The number of aromatic nitrogens is 1. The fraction of sp³-hybridized carbons (Fsp3) is 0.647. The number of amides is 1. The van der Waals surface area contributed by atoms with E-state index in [1.165, 1.54) is 12.8 Å². The number of hydrogen-bond donors (Lipinski definition) is 2. The molecule has 0 aliphatic carbocycles. The Morgan fingerprint density at radius 1 is 1.41 bits per heavy atom. The molecule has 2 aliphatic rings. The highest BCUT2D eigenvalue weighted by molar-refractivity contribution is 5.87. The van der Waals surface area contributed by atoms with Crippen molar-refractivity contribution in [3.63, 3.8) is 0 Å². The van der Waals surface area contributed by atoms with E-state index < -0.39 is 5.41 Å². The molecule has 0 spiro atoms. The van der Waals surface area contributed by atoms with Crippen molar-refractivity contribution in [2.45, 2.75) is 56.1 Å². The minimum Gasteiger partial charge on any atom is -0.395 e. The smallest absolute Gasteiger partial charge is 0.234 e. The Bertz CT molecular complexity index is 522. The van der Waals surface area contributed by atoms with Crippen LogP contribution in [-0.4, -0.2) is 52.7 Å². The molecule has 2 bridgehead atoms. The lowest BCUT2D eigenvalue weighted by molar-refractivity contribution is -0.129. The Labute approximate surface area is 131 Å². The molecule has 3 heterocycles. The van der Waals surface area contributed by atoms with E-state index >= 15 is 0 Å². The zero-order valence-electron chi connectivity index (χ0n) is 13.3. The topological polar surface area (TPSA) is 65.5 Å². The first-order valence-corrected chi connectivity index (χ1v) is 8.10. The van der Waals surface area contributed by atoms with Crippen molar-refractivity contribution < 1.29 is 9.90 Å². The number of piperidine rings is 1. The van der Waals surface area contributed by atoms with Gasteiger partial charge in [-0.05, 0) is 51.8 Å². The molecule has 0 radical (unpaired) electrons. The summed E-state index contributed by atoms with van der Waals surface area (Å²) in [6.07, 6.45) is 6.12. The van der Waals surface area contributed by atoms with Crippen molar-refractivity contribution in [1.82, 2.24) is 15.2 Å². The molecule has 1 aromatic heterocycles. The maximum atomic E-state index is 12.8. The van der Waals surface area contributed by atoms with Gasteiger partial charge >= 0.3 is 0 Å². The van der Waals surface area contributed by atoms with Gasteiger partial charge in [0.2, 0.25) is 5.91 Å². The molecule has 0 saturated carbocycles. The second-order valence-corrected chi connectivity index (χ2v) is 6.90. The summed E-state index contributed by atoms with van der Waals surface area (Å²) in [5.41, 5.74) is -0.366. The average molecular weight is 303 g/mol. The maximum Gasteiger partial charge on any atom is 0.234 e. The van der Waals surface area contributed by atoms with Crippen molar-refractivity contribution in [1.29, 1.82) is 0 Å². The highest BCUT2D eigenvalue weighted by atomic mass is 16.3. The summed E-state index contributed by atoms with van der Waals surface area (Å²) >= 11 is 0. The lowest BCUT2D eigenvalue weighted by Crippen LogP contribution is -2.54. The molecule has 1 amide bonds. The Morgan fingerprint density at radius 2 is 2.09 bits per heavy atom. The van der Waals surface area contributed by atoms with Crippen LogP contribution in [0.4, 0.5) is 0 Å². The zero-order chi connectivity index (χ0) is 15.7. The van der Waals surface area contributed by atoms with Crippen LogP contribution in [0.25, 0.3) is 0 Å². The predicted molar refractivity (Wildman–Crippen MR) is 84.4 cm³/mol. The van der Waals surface area contributed by atoms with Gasteiger partial charge in [-0.1, -0.05) is 6.07 Å². The molecule has 120 valence electrons. The molecule has 2 saturated heterocycles. The first-order chi connectivity index (χ1) is 10.5. The van der Waals surface area contributed by atoms with E-state index in [4.69, 9.17) is 0 Å². The van der Waals surface area contributed by atoms with Crippen molar-refractivity contribution in [3.05, 3.63) is 30.1 Å². The normalized spacial score (nSPS) is 30.8. The lowest BCUT2D eigenvalue weighted by Gasteiger charge is -2.38. The average Bonchev–Trinajstić information content (AvgIpc) is 2.76. The molecule has 0 aromatic carbocycles. The zero-order valence-corrected chi connectivity index (χ0v) is 13.3. The number of fused-ring (bicyclic) bond motifs is 2. The van der Waals surface area contributed by atoms with Gasteiger partial charge < -0.3 is 15.3 Å². The minimum atomic E-state index is -0.982. The maximum absolute atomic E-state index is 12.8. The van der Waals surface area contributed by atoms with E-state index in [-0.39, 0.29) is 18.6 Å². The van der Waals surface area contributed by atoms with Gasteiger partial charge in [0.1, 0.15) is 5.41 Å². The summed E-state index contributed by atoms with van der Waals surface area (Å²) in [5, 5.41) is 13.0. The SMILES string of the molecule is CN1C2CCC1CC(NC(=O)C(C)(CO)c1ccccn1)C2. The number of carbonyl (C=O) groups is 1. The van der Waals surface area contributed by atoms with Gasteiger partial charge in [0, 0.05) is 24.3 Å². The third kappa shape index (κ3) is 2.63. The highest BCUT2D eigenvalue weighted by Crippen LogP contribution is 2.34. The summed E-state index contributed by atoms with van der Waals surface area (Å²) in [6, 6.07) is 6.83. The van der Waals surface area contributed by atoms with E-state index in [9.17, 15) is 9.90 Å². The fourth-order valence-corrected chi connectivity index (χ4v) is 3.83. The van der Waals surface area contributed by atoms with Crippen LogP contribution in [0.1, 0.15) is 38.3 Å². The summed E-state index contributed by atoms with van der Waals surface area (Å²) in [7, 11) is 2.19. The van der Waals surface area contributed by atoms with Gasteiger partial charge in [-0.15, -0.1) is 0 Å². The summed E-state index contributed by atoms with van der Waals surface area (Å²) in [4.78, 5) is 19.5. The number of pyridine rings is 1. The monoisotopic (exact) mass is 303 g/mol. The fourth-order valence-electron chi connectivity index (χ4n) is 3.83. The molecule has 5 nitrogen and oxygen atoms in total. The van der Waals surface area contributed by atoms with Crippen LogP contribution in [0.5, 0.6) is 0 Å². The number of nitrogens with one attached hydrogen (secondary N) is 1. The molecule has 2 fully saturated rings. The van der Waals surface area contributed by atoms with Crippen LogP contribution in [-0.2, 0) is 10.2 Å². The lowest BCUT2D eigenvalue weighted by atomic mass is 9.85. The minimum absolute atomic E-state index is 0.123. The first-order valence-electron chi connectivity index (χ1n) is 8.10. The van der Waals surface area contributed by atoms with Gasteiger partial charge in [-0.2, -0.15) is 0 Å². The number of aliphatic hydroxyl groups is 1. The van der Waals surface area contributed by atoms with Crippen LogP contribution >= 0.6 is 0 Å². The molecular formula is C17H25N3O2. The molecular weight excluding hydrogens is 278 g/mol. The molecule has 22 heavy (non-hydrogen) atoms. The van der Waals surface area contributed by atoms with Gasteiger partial charge in [-0.25, -0.2) is 0 Å². The van der Waals surface area contributed by atoms with Gasteiger partial charge in [0.25, 0.3) is 0 Å². The molecule has 3 rings (SSSR count). The number of rotatable bonds is 4. The predicted octanol–water partition coefficient (Wildman–Crippen LogP) is 1.07. The van der Waals surface area contributed by atoms with Crippen molar-refractivity contribution in [2.75, 3.05) is 13.7 Å². The molecule has 1 aromatic rings. The van der Waals surface area contributed by atoms with E-state index in [1.807, 2.05) is 12.1 Å². The van der Waals surface area contributed by atoms with Crippen LogP contribution in [0, 0.1) is 0 Å². The van der Waals surface area contributed by atoms with E-state index in [2.05, 4.69) is 22.2 Å². The standard InChI is InChI=1S/C17H25N3O2/c1-17(11-21,15-5-3-4-8-18-15)16(22)19-12-9-13-6-7-14(10-12)20(13)2/h3-5,8,12-14,21H,6-7,9-11H2,1-2H3,(H,19,22). The highest BCUT2D eigenvalue weighted by Gasteiger charge is 2.42.